The van der Waals surface area contributed by atoms with Gasteiger partial charge in [0.25, 0.3) is 5.91 Å². The SMILES string of the molecule is CCCCOc1ccc(C[C@@H](NC(=O)OC(C)(C)C)C(=O)OCc2ccc(C(=O)NOC3CCCCO3)cc2)nc1. The highest BCUT2D eigenvalue weighted by molar-refractivity contribution is 5.93. The molecule has 3 rings (SSSR count). The minimum Gasteiger partial charge on any atom is -0.492 e. The first-order valence-corrected chi connectivity index (χ1v) is 14.0. The smallest absolute Gasteiger partial charge is 0.408 e. The Morgan fingerprint density at radius 3 is 2.51 bits per heavy atom. The lowest BCUT2D eigenvalue weighted by molar-refractivity contribution is -0.186. The van der Waals surface area contributed by atoms with E-state index in [4.69, 9.17) is 23.8 Å². The highest BCUT2D eigenvalue weighted by Crippen LogP contribution is 2.15. The summed E-state index contributed by atoms with van der Waals surface area (Å²) in [6.07, 6.45) is 5.16. The number of ether oxygens (including phenoxy) is 4. The number of benzene rings is 1. The number of nitrogens with one attached hydrogen (secondary N) is 2. The average molecular weight is 572 g/mol. The number of carbonyl (C=O) groups excluding carboxylic acids is 3. The number of hydrogen-bond donors (Lipinski definition) is 2. The van der Waals surface area contributed by atoms with E-state index in [2.05, 4.69) is 22.7 Å². The summed E-state index contributed by atoms with van der Waals surface area (Å²) in [6.45, 7) is 8.44. The Morgan fingerprint density at radius 1 is 1.10 bits per heavy atom. The summed E-state index contributed by atoms with van der Waals surface area (Å²) >= 11 is 0. The first kappa shape index (κ1) is 31.8. The number of hydroxylamine groups is 1. The van der Waals surface area contributed by atoms with Gasteiger partial charge in [-0.15, -0.1) is 0 Å². The number of nitrogens with zero attached hydrogens (tertiary/aromatic N) is 1. The van der Waals surface area contributed by atoms with Gasteiger partial charge in [0.15, 0.2) is 6.29 Å². The molecule has 1 fully saturated rings. The highest BCUT2D eigenvalue weighted by atomic mass is 16.8. The molecule has 2 heterocycles. The van der Waals surface area contributed by atoms with Gasteiger partial charge in [0.2, 0.25) is 0 Å². The molecule has 2 aromatic rings. The van der Waals surface area contributed by atoms with Crippen molar-refractivity contribution < 1.29 is 38.2 Å². The van der Waals surface area contributed by atoms with E-state index in [9.17, 15) is 14.4 Å². The van der Waals surface area contributed by atoms with Crippen LogP contribution in [0.4, 0.5) is 4.79 Å². The fraction of sp³-hybridized carbons (Fsp3) is 0.533. The second-order valence-electron chi connectivity index (χ2n) is 10.7. The number of amides is 2. The van der Waals surface area contributed by atoms with Crippen LogP contribution in [0.2, 0.25) is 0 Å². The van der Waals surface area contributed by atoms with Gasteiger partial charge in [0.1, 0.15) is 24.0 Å². The lowest BCUT2D eigenvalue weighted by Gasteiger charge is -2.23. The lowest BCUT2D eigenvalue weighted by Crippen LogP contribution is -2.45. The van der Waals surface area contributed by atoms with Gasteiger partial charge in [-0.25, -0.2) is 19.9 Å². The quantitative estimate of drug-likeness (QED) is 0.200. The van der Waals surface area contributed by atoms with E-state index in [-0.39, 0.29) is 13.0 Å². The third-order valence-corrected chi connectivity index (χ3v) is 5.97. The maximum Gasteiger partial charge on any atom is 0.408 e. The molecule has 2 amide bonds. The monoisotopic (exact) mass is 571 g/mol. The first-order valence-electron chi connectivity index (χ1n) is 14.0. The van der Waals surface area contributed by atoms with Crippen LogP contribution in [0.15, 0.2) is 42.6 Å². The summed E-state index contributed by atoms with van der Waals surface area (Å²) in [5.41, 5.74) is 3.29. The number of unbranched alkanes of at least 4 members (excludes halogenated alkanes) is 1. The van der Waals surface area contributed by atoms with Crippen molar-refractivity contribution in [1.29, 1.82) is 0 Å². The van der Waals surface area contributed by atoms with Crippen molar-refractivity contribution in [3.63, 3.8) is 0 Å². The molecule has 1 aromatic heterocycles. The molecule has 1 aromatic carbocycles. The standard InChI is InChI=1S/C30H41N3O8/c1-5-6-16-37-24-15-14-23(31-19-24)18-25(32-29(36)40-30(2,3)4)28(35)39-20-21-10-12-22(13-11-21)27(34)33-41-26-9-7-8-17-38-26/h10-15,19,25-26H,5-9,16-18,20H2,1-4H3,(H,32,36)(H,33,34)/t25-,26?/m1/s1. The minimum absolute atomic E-state index is 0.0583. The highest BCUT2D eigenvalue weighted by Gasteiger charge is 2.26. The summed E-state index contributed by atoms with van der Waals surface area (Å²) in [5.74, 6) is -0.422. The van der Waals surface area contributed by atoms with Crippen molar-refractivity contribution in [1.82, 2.24) is 15.8 Å². The molecular formula is C30H41N3O8. The van der Waals surface area contributed by atoms with Crippen LogP contribution in [0.3, 0.4) is 0 Å². The number of carbonyl (C=O) groups is 3. The van der Waals surface area contributed by atoms with Crippen LogP contribution >= 0.6 is 0 Å². The van der Waals surface area contributed by atoms with Gasteiger partial charge in [-0.05, 0) is 69.9 Å². The van der Waals surface area contributed by atoms with Gasteiger partial charge in [0.05, 0.1) is 12.8 Å². The van der Waals surface area contributed by atoms with E-state index >= 15 is 0 Å². The van der Waals surface area contributed by atoms with Crippen LogP contribution in [0.1, 0.15) is 81.4 Å². The molecule has 1 aliphatic heterocycles. The van der Waals surface area contributed by atoms with Gasteiger partial charge in [0, 0.05) is 30.7 Å². The molecule has 0 saturated carbocycles. The predicted octanol–water partition coefficient (Wildman–Crippen LogP) is 4.63. The zero-order valence-corrected chi connectivity index (χ0v) is 24.3. The molecule has 11 heteroatoms. The second-order valence-corrected chi connectivity index (χ2v) is 10.7. The molecule has 1 aliphatic rings. The average Bonchev–Trinajstić information content (AvgIpc) is 2.95. The van der Waals surface area contributed by atoms with Crippen LogP contribution in [0.25, 0.3) is 0 Å². The molecule has 0 aliphatic carbocycles. The van der Waals surface area contributed by atoms with Gasteiger partial charge in [-0.1, -0.05) is 25.5 Å². The largest absolute Gasteiger partial charge is 0.492 e. The fourth-order valence-electron chi connectivity index (χ4n) is 3.79. The van der Waals surface area contributed by atoms with Crippen LogP contribution in [0.5, 0.6) is 5.75 Å². The van der Waals surface area contributed by atoms with Crippen LogP contribution in [-0.4, -0.2) is 54.1 Å². The molecule has 2 N–H and O–H groups in total. The molecule has 0 radical (unpaired) electrons. The zero-order valence-electron chi connectivity index (χ0n) is 24.3. The van der Waals surface area contributed by atoms with Crippen molar-refractivity contribution in [2.75, 3.05) is 13.2 Å². The van der Waals surface area contributed by atoms with Gasteiger partial charge in [-0.3, -0.25) is 9.78 Å². The van der Waals surface area contributed by atoms with E-state index < -0.39 is 35.9 Å². The second kappa shape index (κ2) is 15.9. The number of hydrogen-bond acceptors (Lipinski definition) is 9. The van der Waals surface area contributed by atoms with Gasteiger partial charge >= 0.3 is 12.1 Å². The van der Waals surface area contributed by atoms with Crippen LogP contribution in [0, 0.1) is 0 Å². The van der Waals surface area contributed by atoms with Gasteiger partial charge < -0.3 is 24.3 Å². The van der Waals surface area contributed by atoms with E-state index in [0.29, 0.717) is 35.8 Å². The molecular weight excluding hydrogens is 530 g/mol. The molecule has 1 unspecified atom stereocenters. The fourth-order valence-corrected chi connectivity index (χ4v) is 3.79. The van der Waals surface area contributed by atoms with Crippen molar-refractivity contribution in [2.24, 2.45) is 0 Å². The van der Waals surface area contributed by atoms with E-state index in [1.807, 2.05) is 0 Å². The third-order valence-electron chi connectivity index (χ3n) is 5.97. The topological polar surface area (TPSA) is 134 Å². The molecule has 11 nitrogen and oxygen atoms in total. The summed E-state index contributed by atoms with van der Waals surface area (Å²) in [6, 6.07) is 9.05. The van der Waals surface area contributed by atoms with Crippen molar-refractivity contribution in [3.05, 3.63) is 59.4 Å². The Balaban J connectivity index is 1.56. The normalized spacial score (nSPS) is 15.9. The number of esters is 1. The summed E-state index contributed by atoms with van der Waals surface area (Å²) in [5, 5.41) is 2.60. The summed E-state index contributed by atoms with van der Waals surface area (Å²) < 4.78 is 21.9. The van der Waals surface area contributed by atoms with Crippen molar-refractivity contribution in [3.8, 4) is 5.75 Å². The number of pyridine rings is 1. The van der Waals surface area contributed by atoms with E-state index in [0.717, 1.165) is 32.1 Å². The minimum atomic E-state index is -1.03. The Labute approximate surface area is 241 Å². The predicted molar refractivity (Wildman–Crippen MR) is 150 cm³/mol. The maximum absolute atomic E-state index is 13.0. The molecule has 41 heavy (non-hydrogen) atoms. The van der Waals surface area contributed by atoms with Gasteiger partial charge in [-0.2, -0.15) is 0 Å². The molecule has 0 spiro atoms. The lowest BCUT2D eigenvalue weighted by atomic mass is 10.1. The molecule has 224 valence electrons. The first-order chi connectivity index (χ1) is 19.6. The molecule has 0 bridgehead atoms. The Morgan fingerprint density at radius 2 is 1.88 bits per heavy atom. The van der Waals surface area contributed by atoms with Crippen LogP contribution in [-0.2, 0) is 36.9 Å². The van der Waals surface area contributed by atoms with E-state index in [1.165, 1.54) is 0 Å². The molecule has 1 saturated heterocycles. The zero-order chi connectivity index (χ0) is 29.7. The summed E-state index contributed by atoms with van der Waals surface area (Å²) in [7, 11) is 0. The van der Waals surface area contributed by atoms with Crippen molar-refractivity contribution in [2.45, 2.75) is 90.8 Å². The number of rotatable bonds is 13. The number of alkyl carbamates (subject to hydrolysis) is 1. The third kappa shape index (κ3) is 11.7. The Hall–Kier alpha value is -3.70. The Kier molecular flexibility index (Phi) is 12.4. The maximum atomic E-state index is 13.0. The summed E-state index contributed by atoms with van der Waals surface area (Å²) in [4.78, 5) is 47.6. The van der Waals surface area contributed by atoms with E-state index in [1.54, 1.807) is 63.4 Å². The van der Waals surface area contributed by atoms with Crippen molar-refractivity contribution >= 4 is 18.0 Å². The van der Waals surface area contributed by atoms with Crippen LogP contribution < -0.4 is 15.5 Å². The molecule has 2 atom stereocenters. The number of aromatic nitrogens is 1. The Bertz CT molecular complexity index is 1110.